The molecule has 1 aromatic heterocycles. The molecule has 0 spiro atoms. The van der Waals surface area contributed by atoms with Crippen LogP contribution in [-0.2, 0) is 12.0 Å². The molecule has 0 aliphatic rings. The molecule has 0 aliphatic heterocycles. The molecule has 3 N–H and O–H groups in total. The highest BCUT2D eigenvalue weighted by atomic mass is 16.4. The van der Waals surface area contributed by atoms with Crippen molar-refractivity contribution in [2.45, 2.75) is 45.8 Å². The molecule has 1 aromatic carbocycles. The number of nitrogens with zero attached hydrogens (tertiary/aromatic N) is 1. The second kappa shape index (κ2) is 5.74. The molecular formula is C17H23NO4. The molecule has 1 atom stereocenters. The second-order valence-electron chi connectivity index (χ2n) is 6.65. The van der Waals surface area contributed by atoms with E-state index in [1.54, 1.807) is 25.3 Å². The van der Waals surface area contributed by atoms with Gasteiger partial charge in [-0.05, 0) is 30.0 Å². The van der Waals surface area contributed by atoms with Crippen molar-refractivity contribution in [3.05, 3.63) is 35.0 Å². The smallest absolute Gasteiger partial charge is 0.335 e. The van der Waals surface area contributed by atoms with E-state index in [0.29, 0.717) is 12.1 Å². The number of carboxylic acid groups (broad SMARTS) is 1. The summed E-state index contributed by atoms with van der Waals surface area (Å²) in [6.07, 6.45) is 1.09. The van der Waals surface area contributed by atoms with Crippen molar-refractivity contribution in [3.63, 3.8) is 0 Å². The van der Waals surface area contributed by atoms with Gasteiger partial charge in [-0.25, -0.2) is 4.79 Å². The van der Waals surface area contributed by atoms with Crippen molar-refractivity contribution >= 4 is 16.9 Å². The van der Waals surface area contributed by atoms with Gasteiger partial charge in [-0.1, -0.05) is 20.8 Å². The van der Waals surface area contributed by atoms with Crippen LogP contribution in [0.25, 0.3) is 10.9 Å². The normalized spacial score (nSPS) is 13.5. The molecule has 2 aromatic rings. The fourth-order valence-corrected chi connectivity index (χ4v) is 2.78. The van der Waals surface area contributed by atoms with Crippen molar-refractivity contribution in [1.29, 1.82) is 0 Å². The molecule has 120 valence electrons. The Morgan fingerprint density at radius 2 is 1.95 bits per heavy atom. The highest BCUT2D eigenvalue weighted by molar-refractivity contribution is 5.97. The van der Waals surface area contributed by atoms with Crippen molar-refractivity contribution in [2.24, 2.45) is 0 Å². The van der Waals surface area contributed by atoms with Gasteiger partial charge < -0.3 is 19.9 Å². The Morgan fingerprint density at radius 3 is 2.41 bits per heavy atom. The van der Waals surface area contributed by atoms with Gasteiger partial charge in [-0.2, -0.15) is 0 Å². The number of aliphatic hydroxyl groups excluding tert-OH is 2. The van der Waals surface area contributed by atoms with Crippen LogP contribution in [0.15, 0.2) is 18.3 Å². The Hall–Kier alpha value is -1.85. The molecule has 0 aliphatic carbocycles. The zero-order valence-electron chi connectivity index (χ0n) is 13.4. The largest absolute Gasteiger partial charge is 0.478 e. The number of aromatic nitrogens is 1. The van der Waals surface area contributed by atoms with Gasteiger partial charge in [0.15, 0.2) is 0 Å². The van der Waals surface area contributed by atoms with Gasteiger partial charge in [0.25, 0.3) is 0 Å². The van der Waals surface area contributed by atoms with Crippen LogP contribution in [0.5, 0.6) is 0 Å². The van der Waals surface area contributed by atoms with Crippen LogP contribution in [0, 0.1) is 0 Å². The van der Waals surface area contributed by atoms with E-state index in [9.17, 15) is 20.1 Å². The van der Waals surface area contributed by atoms with Crippen LogP contribution in [-0.4, -0.2) is 32.5 Å². The molecule has 1 heterocycles. The van der Waals surface area contributed by atoms with E-state index in [2.05, 4.69) is 0 Å². The maximum atomic E-state index is 11.4. The lowest BCUT2D eigenvalue weighted by Gasteiger charge is -2.22. The third kappa shape index (κ3) is 2.87. The average molecular weight is 305 g/mol. The van der Waals surface area contributed by atoms with E-state index in [4.69, 9.17) is 0 Å². The predicted octanol–water partition coefficient (Wildman–Crippen LogP) is 2.68. The lowest BCUT2D eigenvalue weighted by Crippen LogP contribution is -2.15. The Balaban J connectivity index is 2.92. The van der Waals surface area contributed by atoms with Gasteiger partial charge >= 0.3 is 5.97 Å². The molecule has 0 saturated carbocycles. The van der Waals surface area contributed by atoms with E-state index in [1.165, 1.54) is 0 Å². The molecule has 1 unspecified atom stereocenters. The monoisotopic (exact) mass is 305 g/mol. The van der Waals surface area contributed by atoms with Crippen molar-refractivity contribution in [1.82, 2.24) is 4.57 Å². The molecule has 0 saturated heterocycles. The molecule has 2 rings (SSSR count). The molecule has 0 radical (unpaired) electrons. The summed E-state index contributed by atoms with van der Waals surface area (Å²) < 4.78 is 1.89. The summed E-state index contributed by atoms with van der Waals surface area (Å²) in [6, 6.07) is 3.28. The Labute approximate surface area is 129 Å². The second-order valence-corrected chi connectivity index (χ2v) is 6.65. The first-order valence-corrected chi connectivity index (χ1v) is 7.36. The van der Waals surface area contributed by atoms with Gasteiger partial charge in [-0.3, -0.25) is 0 Å². The molecule has 0 amide bonds. The summed E-state index contributed by atoms with van der Waals surface area (Å²) in [7, 11) is 0. The van der Waals surface area contributed by atoms with Gasteiger partial charge in [0.05, 0.1) is 23.8 Å². The van der Waals surface area contributed by atoms with Crippen molar-refractivity contribution < 1.29 is 20.1 Å². The quantitative estimate of drug-likeness (QED) is 0.811. The fraction of sp³-hybridized carbons (Fsp3) is 0.471. The molecule has 5 nitrogen and oxygen atoms in total. The van der Waals surface area contributed by atoms with Crippen LogP contribution < -0.4 is 0 Å². The SMILES string of the molecule is CC(O)c1cn(CCO)c2c(C(C)(C)C)cc(C(=O)O)cc12. The minimum atomic E-state index is -0.987. The number of fused-ring (bicyclic) bond motifs is 1. The van der Waals surface area contributed by atoms with Crippen LogP contribution in [0.1, 0.15) is 55.3 Å². The van der Waals surface area contributed by atoms with Gasteiger partial charge in [0.2, 0.25) is 0 Å². The topological polar surface area (TPSA) is 82.7 Å². The summed E-state index contributed by atoms with van der Waals surface area (Å²) in [5.74, 6) is -0.987. The molecule has 5 heteroatoms. The first kappa shape index (κ1) is 16.5. The van der Waals surface area contributed by atoms with Crippen LogP contribution in [0.3, 0.4) is 0 Å². The van der Waals surface area contributed by atoms with Crippen LogP contribution >= 0.6 is 0 Å². The summed E-state index contributed by atoms with van der Waals surface area (Å²) in [5.41, 5.74) is 2.40. The number of hydrogen-bond acceptors (Lipinski definition) is 3. The minimum absolute atomic E-state index is 0.0205. The Kier molecular flexibility index (Phi) is 4.31. The molecule has 22 heavy (non-hydrogen) atoms. The highest BCUT2D eigenvalue weighted by Gasteiger charge is 2.24. The van der Waals surface area contributed by atoms with E-state index >= 15 is 0 Å². The minimum Gasteiger partial charge on any atom is -0.478 e. The zero-order chi connectivity index (χ0) is 16.7. The average Bonchev–Trinajstić information content (AvgIpc) is 2.76. The van der Waals surface area contributed by atoms with Crippen LogP contribution in [0.4, 0.5) is 0 Å². The number of benzene rings is 1. The number of carbonyl (C=O) groups is 1. The number of aliphatic hydroxyl groups is 2. The summed E-state index contributed by atoms with van der Waals surface area (Å²) >= 11 is 0. The number of rotatable bonds is 4. The van der Waals surface area contributed by atoms with Gasteiger partial charge in [0.1, 0.15) is 0 Å². The summed E-state index contributed by atoms with van der Waals surface area (Å²) in [6.45, 7) is 8.09. The predicted molar refractivity (Wildman–Crippen MR) is 85.3 cm³/mol. The third-order valence-corrected chi connectivity index (χ3v) is 3.85. The molecular weight excluding hydrogens is 282 g/mol. The lowest BCUT2D eigenvalue weighted by molar-refractivity contribution is 0.0697. The third-order valence-electron chi connectivity index (χ3n) is 3.85. The first-order valence-electron chi connectivity index (χ1n) is 7.36. The van der Waals surface area contributed by atoms with Gasteiger partial charge in [0, 0.05) is 23.7 Å². The summed E-state index contributed by atoms with van der Waals surface area (Å²) in [4.78, 5) is 11.4. The summed E-state index contributed by atoms with van der Waals surface area (Å²) in [5, 5.41) is 29.4. The van der Waals surface area contributed by atoms with Crippen LogP contribution in [0.2, 0.25) is 0 Å². The highest BCUT2D eigenvalue weighted by Crippen LogP contribution is 2.36. The fourth-order valence-electron chi connectivity index (χ4n) is 2.78. The Morgan fingerprint density at radius 1 is 1.32 bits per heavy atom. The molecule has 0 bridgehead atoms. The number of aromatic carboxylic acids is 1. The van der Waals surface area contributed by atoms with Crippen molar-refractivity contribution in [2.75, 3.05) is 6.61 Å². The number of carboxylic acids is 1. The van der Waals surface area contributed by atoms with Crippen molar-refractivity contribution in [3.8, 4) is 0 Å². The van der Waals surface area contributed by atoms with Gasteiger partial charge in [-0.15, -0.1) is 0 Å². The first-order chi connectivity index (χ1) is 10.2. The Bertz CT molecular complexity index is 707. The maximum Gasteiger partial charge on any atom is 0.335 e. The van der Waals surface area contributed by atoms with E-state index in [1.807, 2.05) is 25.3 Å². The van der Waals surface area contributed by atoms with E-state index in [-0.39, 0.29) is 17.6 Å². The zero-order valence-corrected chi connectivity index (χ0v) is 13.4. The van der Waals surface area contributed by atoms with E-state index < -0.39 is 12.1 Å². The molecule has 0 fully saturated rings. The lowest BCUT2D eigenvalue weighted by atomic mass is 9.84. The standard InChI is InChI=1S/C17H23NO4/c1-10(20)13-9-18(5-6-19)15-12(13)7-11(16(21)22)8-14(15)17(2,3)4/h7-10,19-20H,5-6H2,1-4H3,(H,21,22). The number of hydrogen-bond donors (Lipinski definition) is 3. The maximum absolute atomic E-state index is 11.4. The van der Waals surface area contributed by atoms with E-state index in [0.717, 1.165) is 16.5 Å².